The van der Waals surface area contributed by atoms with Crippen LogP contribution >= 0.6 is 0 Å². The van der Waals surface area contributed by atoms with E-state index in [9.17, 15) is 0 Å². The lowest BCUT2D eigenvalue weighted by atomic mass is 10.2. The summed E-state index contributed by atoms with van der Waals surface area (Å²) in [4.78, 5) is 2.23. The van der Waals surface area contributed by atoms with Gasteiger partial charge in [0, 0.05) is 19.1 Å². The second-order valence-electron chi connectivity index (χ2n) is 3.73. The van der Waals surface area contributed by atoms with Crippen molar-refractivity contribution in [2.24, 2.45) is 0 Å². The third kappa shape index (κ3) is 4.04. The Balaban J connectivity index is 2.12. The summed E-state index contributed by atoms with van der Waals surface area (Å²) in [5, 5.41) is 7.97. The highest BCUT2D eigenvalue weighted by Gasteiger charge is 2.10. The van der Waals surface area contributed by atoms with Gasteiger partial charge in [0.25, 0.3) is 0 Å². The highest BCUT2D eigenvalue weighted by molar-refractivity contribution is 4.73. The average Bonchev–Trinajstić information content (AvgIpc) is 2.28. The van der Waals surface area contributed by atoms with Crippen LogP contribution < -0.4 is 10.6 Å². The summed E-state index contributed by atoms with van der Waals surface area (Å²) < 4.78 is 0. The van der Waals surface area contributed by atoms with Crippen LogP contribution in [0.5, 0.6) is 0 Å². The van der Waals surface area contributed by atoms with E-state index in [1.54, 1.807) is 0 Å². The fourth-order valence-electron chi connectivity index (χ4n) is 1.42. The van der Waals surface area contributed by atoms with Crippen LogP contribution in [0.15, 0.2) is 0 Å². The standard InChI is InChI=1S/C9H20N3/c1-12(2)7-4-9-8-10-5-3-6-11-9/h9,11H,3-8H2,1-2H3. The largest absolute Gasteiger partial charge is 0.313 e. The third-order valence-electron chi connectivity index (χ3n) is 2.20. The van der Waals surface area contributed by atoms with Gasteiger partial charge in [-0.3, -0.25) is 0 Å². The highest BCUT2D eigenvalue weighted by Crippen LogP contribution is 1.96. The molecule has 0 spiro atoms. The van der Waals surface area contributed by atoms with E-state index < -0.39 is 0 Å². The van der Waals surface area contributed by atoms with E-state index in [0.29, 0.717) is 6.04 Å². The zero-order chi connectivity index (χ0) is 8.81. The van der Waals surface area contributed by atoms with Crippen molar-refractivity contribution in [1.29, 1.82) is 0 Å². The smallest absolute Gasteiger partial charge is 0.0288 e. The lowest BCUT2D eigenvalue weighted by Crippen LogP contribution is -2.35. The van der Waals surface area contributed by atoms with Crippen molar-refractivity contribution in [3.8, 4) is 0 Å². The van der Waals surface area contributed by atoms with E-state index in [1.807, 2.05) is 0 Å². The van der Waals surface area contributed by atoms with E-state index in [1.165, 1.54) is 12.8 Å². The lowest BCUT2D eigenvalue weighted by Gasteiger charge is -2.17. The van der Waals surface area contributed by atoms with E-state index in [-0.39, 0.29) is 0 Å². The fourth-order valence-corrected chi connectivity index (χ4v) is 1.42. The molecule has 71 valence electrons. The topological polar surface area (TPSA) is 29.4 Å². The molecule has 1 fully saturated rings. The minimum Gasteiger partial charge on any atom is -0.313 e. The van der Waals surface area contributed by atoms with Crippen LogP contribution in [0.25, 0.3) is 0 Å². The molecule has 1 unspecified atom stereocenters. The van der Waals surface area contributed by atoms with Crippen molar-refractivity contribution >= 4 is 0 Å². The van der Waals surface area contributed by atoms with Gasteiger partial charge in [0.15, 0.2) is 0 Å². The molecule has 1 N–H and O–H groups in total. The molecule has 0 aliphatic carbocycles. The summed E-state index contributed by atoms with van der Waals surface area (Å²) in [6.45, 7) is 4.36. The molecule has 12 heavy (non-hydrogen) atoms. The predicted octanol–water partition coefficient (Wildman–Crippen LogP) is -0.0956. The number of hydrogen-bond acceptors (Lipinski definition) is 2. The molecule has 1 radical (unpaired) electrons. The Bertz CT molecular complexity index is 106. The van der Waals surface area contributed by atoms with Gasteiger partial charge < -0.3 is 10.2 Å². The Morgan fingerprint density at radius 2 is 2.33 bits per heavy atom. The highest BCUT2D eigenvalue weighted by atomic mass is 15.1. The minimum atomic E-state index is 0.620. The average molecular weight is 170 g/mol. The summed E-state index contributed by atoms with van der Waals surface area (Å²) in [5.74, 6) is 0. The molecule has 1 atom stereocenters. The first-order valence-corrected chi connectivity index (χ1v) is 4.80. The lowest BCUT2D eigenvalue weighted by molar-refractivity contribution is 0.359. The molecule has 0 aromatic rings. The van der Waals surface area contributed by atoms with E-state index in [0.717, 1.165) is 26.2 Å². The van der Waals surface area contributed by atoms with Gasteiger partial charge in [-0.2, -0.15) is 0 Å². The van der Waals surface area contributed by atoms with Crippen LogP contribution in [0.2, 0.25) is 0 Å². The van der Waals surface area contributed by atoms with Crippen LogP contribution in [0.3, 0.4) is 0 Å². The number of rotatable bonds is 3. The molecule has 3 nitrogen and oxygen atoms in total. The summed E-state index contributed by atoms with van der Waals surface area (Å²) in [6, 6.07) is 0.620. The monoisotopic (exact) mass is 170 g/mol. The first-order valence-electron chi connectivity index (χ1n) is 4.80. The van der Waals surface area contributed by atoms with Crippen LogP contribution in [0, 0.1) is 0 Å². The molecule has 0 aromatic carbocycles. The second-order valence-corrected chi connectivity index (χ2v) is 3.73. The van der Waals surface area contributed by atoms with Gasteiger partial charge in [0.2, 0.25) is 0 Å². The normalized spacial score (nSPS) is 25.8. The molecule has 1 aliphatic heterocycles. The molecule has 0 aromatic heterocycles. The van der Waals surface area contributed by atoms with Gasteiger partial charge in [-0.1, -0.05) is 0 Å². The maximum absolute atomic E-state index is 4.45. The molecule has 1 rings (SSSR count). The Morgan fingerprint density at radius 1 is 1.50 bits per heavy atom. The summed E-state index contributed by atoms with van der Waals surface area (Å²) in [5.41, 5.74) is 0. The Kier molecular flexibility index (Phi) is 4.58. The number of nitrogens with one attached hydrogen (secondary N) is 1. The molecule has 1 saturated heterocycles. The first kappa shape index (κ1) is 9.96. The molecule has 3 heteroatoms. The molecular formula is C9H20N3. The molecule has 0 bridgehead atoms. The quantitative estimate of drug-likeness (QED) is 0.641. The third-order valence-corrected chi connectivity index (χ3v) is 2.20. The molecule has 1 heterocycles. The van der Waals surface area contributed by atoms with Crippen molar-refractivity contribution in [2.75, 3.05) is 40.3 Å². The first-order chi connectivity index (χ1) is 5.79. The Morgan fingerprint density at radius 3 is 3.08 bits per heavy atom. The molecular weight excluding hydrogens is 150 g/mol. The molecule has 0 amide bonds. The van der Waals surface area contributed by atoms with Gasteiger partial charge in [0.1, 0.15) is 0 Å². The Labute approximate surface area is 75.5 Å². The molecule has 1 aliphatic rings. The maximum atomic E-state index is 4.45. The van der Waals surface area contributed by atoms with Crippen LogP contribution in [0.4, 0.5) is 0 Å². The van der Waals surface area contributed by atoms with Crippen molar-refractivity contribution in [1.82, 2.24) is 15.5 Å². The van der Waals surface area contributed by atoms with Gasteiger partial charge in [-0.25, -0.2) is 5.32 Å². The van der Waals surface area contributed by atoms with Crippen molar-refractivity contribution in [3.63, 3.8) is 0 Å². The zero-order valence-corrected chi connectivity index (χ0v) is 8.21. The summed E-state index contributed by atoms with van der Waals surface area (Å²) in [6.07, 6.45) is 2.43. The Hall–Kier alpha value is -0.120. The zero-order valence-electron chi connectivity index (χ0n) is 8.21. The maximum Gasteiger partial charge on any atom is 0.0288 e. The minimum absolute atomic E-state index is 0.620. The fraction of sp³-hybridized carbons (Fsp3) is 1.00. The number of nitrogens with zero attached hydrogens (tertiary/aromatic N) is 2. The van der Waals surface area contributed by atoms with Crippen LogP contribution in [-0.2, 0) is 0 Å². The molecule has 0 saturated carbocycles. The summed E-state index contributed by atoms with van der Waals surface area (Å²) in [7, 11) is 4.24. The van der Waals surface area contributed by atoms with Crippen molar-refractivity contribution in [3.05, 3.63) is 0 Å². The predicted molar refractivity (Wildman–Crippen MR) is 51.4 cm³/mol. The van der Waals surface area contributed by atoms with Gasteiger partial charge >= 0.3 is 0 Å². The van der Waals surface area contributed by atoms with E-state index in [4.69, 9.17) is 0 Å². The van der Waals surface area contributed by atoms with Crippen molar-refractivity contribution in [2.45, 2.75) is 18.9 Å². The van der Waals surface area contributed by atoms with Gasteiger partial charge in [-0.05, 0) is 40.0 Å². The summed E-state index contributed by atoms with van der Waals surface area (Å²) >= 11 is 0. The van der Waals surface area contributed by atoms with Crippen LogP contribution in [-0.4, -0.2) is 51.2 Å². The van der Waals surface area contributed by atoms with E-state index >= 15 is 0 Å². The SMILES string of the molecule is CN(C)CCC1C[N]CCCN1. The van der Waals surface area contributed by atoms with Gasteiger partial charge in [0.05, 0.1) is 0 Å². The van der Waals surface area contributed by atoms with Crippen molar-refractivity contribution < 1.29 is 0 Å². The number of hydrogen-bond donors (Lipinski definition) is 1. The van der Waals surface area contributed by atoms with Gasteiger partial charge in [-0.15, -0.1) is 0 Å². The van der Waals surface area contributed by atoms with E-state index in [2.05, 4.69) is 29.6 Å². The second kappa shape index (κ2) is 5.51. The van der Waals surface area contributed by atoms with Crippen LogP contribution in [0.1, 0.15) is 12.8 Å².